The van der Waals surface area contributed by atoms with E-state index in [-0.39, 0.29) is 28.6 Å². The molecule has 0 saturated heterocycles. The third-order valence-corrected chi connectivity index (χ3v) is 3.98. The van der Waals surface area contributed by atoms with Gasteiger partial charge in [0, 0.05) is 24.6 Å². The summed E-state index contributed by atoms with van der Waals surface area (Å²) in [5, 5.41) is 12.4. The highest BCUT2D eigenvalue weighted by molar-refractivity contribution is 6.33. The van der Waals surface area contributed by atoms with E-state index in [1.807, 2.05) is 20.8 Å². The SMILES string of the molecule is CCc1cc(NC2CC(=O)C(OC(C)C)C2)c(C(=O)O)c(Cl)n1. The van der Waals surface area contributed by atoms with Crippen molar-refractivity contribution >= 4 is 29.0 Å². The largest absolute Gasteiger partial charge is 0.478 e. The summed E-state index contributed by atoms with van der Waals surface area (Å²) in [4.78, 5) is 27.5. The Hall–Kier alpha value is -1.66. The molecule has 2 atom stereocenters. The van der Waals surface area contributed by atoms with Gasteiger partial charge in [0.2, 0.25) is 0 Å². The lowest BCUT2D eigenvalue weighted by molar-refractivity contribution is -0.129. The molecule has 1 saturated carbocycles. The molecule has 0 aromatic carbocycles. The van der Waals surface area contributed by atoms with Crippen LogP contribution in [0.2, 0.25) is 5.15 Å². The second-order valence-corrected chi connectivity index (χ2v) is 6.26. The van der Waals surface area contributed by atoms with Crippen LogP contribution in [0.5, 0.6) is 0 Å². The number of nitrogens with zero attached hydrogens (tertiary/aromatic N) is 1. The molecule has 1 aliphatic carbocycles. The Labute approximate surface area is 140 Å². The standard InChI is InChI=1S/C16H21ClN2O4/c1-4-9-5-11(14(16(21)22)15(17)19-9)18-10-6-12(20)13(7-10)23-8(2)3/h5,8,10,13H,4,6-7H2,1-3H3,(H,18,19)(H,21,22). The number of carbonyl (C=O) groups is 2. The second kappa shape index (κ2) is 7.27. The normalized spacial score (nSPS) is 21.0. The van der Waals surface area contributed by atoms with Gasteiger partial charge in [-0.2, -0.15) is 0 Å². The predicted molar refractivity (Wildman–Crippen MR) is 87.2 cm³/mol. The van der Waals surface area contributed by atoms with Gasteiger partial charge in [-0.3, -0.25) is 4.79 Å². The predicted octanol–water partition coefficient (Wildman–Crippen LogP) is 2.93. The molecule has 0 radical (unpaired) electrons. The van der Waals surface area contributed by atoms with Gasteiger partial charge in [0.15, 0.2) is 5.78 Å². The summed E-state index contributed by atoms with van der Waals surface area (Å²) in [5.74, 6) is -1.11. The van der Waals surface area contributed by atoms with E-state index in [9.17, 15) is 14.7 Å². The van der Waals surface area contributed by atoms with E-state index in [4.69, 9.17) is 16.3 Å². The number of aromatic nitrogens is 1. The Morgan fingerprint density at radius 2 is 2.26 bits per heavy atom. The molecular formula is C16H21ClN2O4. The average Bonchev–Trinajstić information content (AvgIpc) is 2.76. The summed E-state index contributed by atoms with van der Waals surface area (Å²) in [6, 6.07) is 1.50. The number of hydrogen-bond acceptors (Lipinski definition) is 5. The number of carbonyl (C=O) groups excluding carboxylic acids is 1. The van der Waals surface area contributed by atoms with Crippen LogP contribution in [0.15, 0.2) is 6.07 Å². The zero-order valence-corrected chi connectivity index (χ0v) is 14.2. The first kappa shape index (κ1) is 17.7. The topological polar surface area (TPSA) is 88.5 Å². The number of carboxylic acid groups (broad SMARTS) is 1. The van der Waals surface area contributed by atoms with Crippen LogP contribution in [-0.2, 0) is 16.0 Å². The summed E-state index contributed by atoms with van der Waals surface area (Å²) in [5.41, 5.74) is 1.03. The first-order chi connectivity index (χ1) is 10.8. The summed E-state index contributed by atoms with van der Waals surface area (Å²) in [6.07, 6.45) is 0.981. The van der Waals surface area contributed by atoms with Crippen molar-refractivity contribution in [2.24, 2.45) is 0 Å². The van der Waals surface area contributed by atoms with Gasteiger partial charge in [-0.25, -0.2) is 9.78 Å². The zero-order chi connectivity index (χ0) is 17.1. The highest BCUT2D eigenvalue weighted by atomic mass is 35.5. The van der Waals surface area contributed by atoms with Gasteiger partial charge < -0.3 is 15.2 Å². The molecule has 1 fully saturated rings. The van der Waals surface area contributed by atoms with Gasteiger partial charge in [-0.15, -0.1) is 0 Å². The Morgan fingerprint density at radius 1 is 1.57 bits per heavy atom. The number of aromatic carboxylic acids is 1. The van der Waals surface area contributed by atoms with Gasteiger partial charge >= 0.3 is 5.97 Å². The van der Waals surface area contributed by atoms with Crippen molar-refractivity contribution < 1.29 is 19.4 Å². The van der Waals surface area contributed by atoms with Crippen molar-refractivity contribution in [2.75, 3.05) is 5.32 Å². The van der Waals surface area contributed by atoms with Crippen LogP contribution in [0.4, 0.5) is 5.69 Å². The molecule has 2 N–H and O–H groups in total. The minimum Gasteiger partial charge on any atom is -0.478 e. The number of Topliss-reactive ketones (excluding diaryl/α,β-unsaturated/α-hetero) is 1. The van der Waals surface area contributed by atoms with Gasteiger partial charge in [0.1, 0.15) is 16.8 Å². The second-order valence-electron chi connectivity index (χ2n) is 5.91. The molecule has 1 aromatic rings. The Balaban J connectivity index is 2.21. The van der Waals surface area contributed by atoms with Crippen LogP contribution in [0.1, 0.15) is 49.7 Å². The fourth-order valence-corrected chi connectivity index (χ4v) is 2.99. The van der Waals surface area contributed by atoms with Crippen LogP contribution in [0, 0.1) is 0 Å². The van der Waals surface area contributed by atoms with E-state index >= 15 is 0 Å². The van der Waals surface area contributed by atoms with E-state index in [0.717, 1.165) is 0 Å². The van der Waals surface area contributed by atoms with Gasteiger partial charge in [-0.1, -0.05) is 18.5 Å². The fourth-order valence-electron chi connectivity index (χ4n) is 2.70. The maximum Gasteiger partial charge on any atom is 0.340 e. The molecule has 0 bridgehead atoms. The molecule has 1 aromatic heterocycles. The molecule has 1 heterocycles. The van der Waals surface area contributed by atoms with Crippen molar-refractivity contribution in [2.45, 2.75) is 58.3 Å². The van der Waals surface area contributed by atoms with E-state index in [2.05, 4.69) is 10.3 Å². The fraction of sp³-hybridized carbons (Fsp3) is 0.562. The van der Waals surface area contributed by atoms with E-state index in [1.54, 1.807) is 6.07 Å². The van der Waals surface area contributed by atoms with Crippen molar-refractivity contribution in [3.63, 3.8) is 0 Å². The van der Waals surface area contributed by atoms with Crippen LogP contribution >= 0.6 is 11.6 Å². The Morgan fingerprint density at radius 3 is 2.83 bits per heavy atom. The molecule has 2 unspecified atom stereocenters. The highest BCUT2D eigenvalue weighted by Gasteiger charge is 2.34. The van der Waals surface area contributed by atoms with Gasteiger partial charge in [0.25, 0.3) is 0 Å². The monoisotopic (exact) mass is 340 g/mol. The quantitative estimate of drug-likeness (QED) is 0.774. The number of nitrogens with one attached hydrogen (secondary N) is 1. The zero-order valence-electron chi connectivity index (χ0n) is 13.4. The highest BCUT2D eigenvalue weighted by Crippen LogP contribution is 2.29. The van der Waals surface area contributed by atoms with Crippen molar-refractivity contribution in [3.8, 4) is 0 Å². The van der Waals surface area contributed by atoms with Crippen LogP contribution in [-0.4, -0.2) is 40.1 Å². The number of halogens is 1. The Bertz CT molecular complexity index is 618. The van der Waals surface area contributed by atoms with Crippen molar-refractivity contribution in [1.29, 1.82) is 0 Å². The third kappa shape index (κ3) is 4.20. The third-order valence-electron chi connectivity index (χ3n) is 3.71. The lowest BCUT2D eigenvalue weighted by Crippen LogP contribution is -2.23. The molecule has 6 nitrogen and oxygen atoms in total. The number of aryl methyl sites for hydroxylation is 1. The number of ether oxygens (including phenoxy) is 1. The molecule has 0 aliphatic heterocycles. The lowest BCUT2D eigenvalue weighted by atomic mass is 10.1. The maximum absolute atomic E-state index is 12.0. The minimum atomic E-state index is -1.15. The van der Waals surface area contributed by atoms with E-state index in [0.29, 0.717) is 30.6 Å². The number of pyridine rings is 1. The number of hydrogen-bond donors (Lipinski definition) is 2. The van der Waals surface area contributed by atoms with Crippen LogP contribution in [0.25, 0.3) is 0 Å². The molecule has 126 valence electrons. The molecule has 0 amide bonds. The molecule has 1 aliphatic rings. The Kier molecular flexibility index (Phi) is 5.59. The van der Waals surface area contributed by atoms with Crippen molar-refractivity contribution in [3.05, 3.63) is 22.5 Å². The number of carboxylic acids is 1. The first-order valence-electron chi connectivity index (χ1n) is 7.69. The summed E-state index contributed by atoms with van der Waals surface area (Å²) in [6.45, 7) is 5.67. The summed E-state index contributed by atoms with van der Waals surface area (Å²) >= 11 is 6.00. The maximum atomic E-state index is 12.0. The molecule has 23 heavy (non-hydrogen) atoms. The molecule has 7 heteroatoms. The summed E-state index contributed by atoms with van der Waals surface area (Å²) in [7, 11) is 0. The molecule has 2 rings (SSSR count). The minimum absolute atomic E-state index is 0.0284. The van der Waals surface area contributed by atoms with Gasteiger partial charge in [0.05, 0.1) is 11.8 Å². The first-order valence-corrected chi connectivity index (χ1v) is 8.07. The van der Waals surface area contributed by atoms with E-state index < -0.39 is 12.1 Å². The van der Waals surface area contributed by atoms with E-state index in [1.165, 1.54) is 0 Å². The lowest BCUT2D eigenvalue weighted by Gasteiger charge is -2.18. The number of anilines is 1. The van der Waals surface area contributed by atoms with Crippen LogP contribution < -0.4 is 5.32 Å². The van der Waals surface area contributed by atoms with Gasteiger partial charge in [-0.05, 0) is 26.3 Å². The smallest absolute Gasteiger partial charge is 0.340 e. The van der Waals surface area contributed by atoms with Crippen molar-refractivity contribution in [1.82, 2.24) is 4.98 Å². The number of ketones is 1. The summed E-state index contributed by atoms with van der Waals surface area (Å²) < 4.78 is 5.59. The molecule has 0 spiro atoms. The average molecular weight is 341 g/mol. The number of rotatable bonds is 6. The molecular weight excluding hydrogens is 320 g/mol. The van der Waals surface area contributed by atoms with Crippen LogP contribution in [0.3, 0.4) is 0 Å².